The Morgan fingerprint density at radius 2 is 2.07 bits per heavy atom. The molecule has 1 aromatic carbocycles. The lowest BCUT2D eigenvalue weighted by molar-refractivity contribution is 0.253. The quantitative estimate of drug-likeness (QED) is 0.637. The van der Waals surface area contributed by atoms with Gasteiger partial charge in [0, 0.05) is 43.3 Å². The fraction of sp³-hybridized carbons (Fsp3) is 0.429. The maximum absolute atomic E-state index is 13.5. The van der Waals surface area contributed by atoms with Crippen LogP contribution in [0.1, 0.15) is 29.0 Å². The highest BCUT2D eigenvalue weighted by Crippen LogP contribution is 2.26. The standard InChI is InChI=1S/C21H24FN5S/c1-15-20(13-23)28-21(25-15)27-10-8-26(9-11-27)7-3-2-4-16-14-24-19-6-5-17(22)12-18(16)19/h5-6,12,14,24H,2-4,7-11H2,1H3. The summed E-state index contributed by atoms with van der Waals surface area (Å²) in [4.78, 5) is 13.3. The van der Waals surface area contributed by atoms with Gasteiger partial charge in [0.15, 0.2) is 5.13 Å². The lowest BCUT2D eigenvalue weighted by Gasteiger charge is -2.34. The molecule has 3 aromatic rings. The number of nitrogens with one attached hydrogen (secondary N) is 1. The summed E-state index contributed by atoms with van der Waals surface area (Å²) >= 11 is 1.49. The van der Waals surface area contributed by atoms with Crippen LogP contribution in [-0.2, 0) is 6.42 Å². The van der Waals surface area contributed by atoms with Crippen LogP contribution in [0.5, 0.6) is 0 Å². The van der Waals surface area contributed by atoms with Crippen LogP contribution in [-0.4, -0.2) is 47.6 Å². The Kier molecular flexibility index (Phi) is 5.60. The first kappa shape index (κ1) is 18.9. The van der Waals surface area contributed by atoms with Crippen molar-refractivity contribution in [2.24, 2.45) is 0 Å². The number of piperazine rings is 1. The Labute approximate surface area is 168 Å². The summed E-state index contributed by atoms with van der Waals surface area (Å²) in [5.74, 6) is -0.177. The van der Waals surface area contributed by atoms with Crippen LogP contribution < -0.4 is 4.90 Å². The Morgan fingerprint density at radius 3 is 2.82 bits per heavy atom. The van der Waals surface area contributed by atoms with E-state index in [4.69, 9.17) is 5.26 Å². The number of anilines is 1. The summed E-state index contributed by atoms with van der Waals surface area (Å²) in [5, 5.41) is 11.1. The van der Waals surface area contributed by atoms with Gasteiger partial charge in [-0.2, -0.15) is 5.26 Å². The van der Waals surface area contributed by atoms with Gasteiger partial charge in [-0.1, -0.05) is 11.3 Å². The molecule has 146 valence electrons. The van der Waals surface area contributed by atoms with Gasteiger partial charge in [0.25, 0.3) is 0 Å². The molecular weight excluding hydrogens is 373 g/mol. The fourth-order valence-electron chi connectivity index (χ4n) is 3.79. The third-order valence-electron chi connectivity index (χ3n) is 5.43. The lowest BCUT2D eigenvalue weighted by atomic mass is 10.1. The van der Waals surface area contributed by atoms with Gasteiger partial charge in [-0.25, -0.2) is 9.37 Å². The summed E-state index contributed by atoms with van der Waals surface area (Å²) in [7, 11) is 0. The van der Waals surface area contributed by atoms with E-state index in [9.17, 15) is 4.39 Å². The number of fused-ring (bicyclic) bond motifs is 1. The van der Waals surface area contributed by atoms with Crippen LogP contribution in [0, 0.1) is 24.1 Å². The molecule has 1 aliphatic heterocycles. The zero-order valence-electron chi connectivity index (χ0n) is 16.0. The molecule has 1 saturated heterocycles. The van der Waals surface area contributed by atoms with Crippen molar-refractivity contribution in [3.63, 3.8) is 0 Å². The predicted molar refractivity (Wildman–Crippen MR) is 111 cm³/mol. The molecule has 0 unspecified atom stereocenters. The monoisotopic (exact) mass is 397 g/mol. The third-order valence-corrected chi connectivity index (χ3v) is 6.55. The zero-order chi connectivity index (χ0) is 19.5. The van der Waals surface area contributed by atoms with Crippen molar-refractivity contribution in [1.29, 1.82) is 5.26 Å². The molecule has 5 nitrogen and oxygen atoms in total. The highest BCUT2D eigenvalue weighted by molar-refractivity contribution is 7.16. The molecule has 1 aliphatic rings. The molecule has 0 aliphatic carbocycles. The van der Waals surface area contributed by atoms with Gasteiger partial charge in [0.05, 0.1) is 5.69 Å². The second-order valence-electron chi connectivity index (χ2n) is 7.31. The molecule has 28 heavy (non-hydrogen) atoms. The number of halogens is 1. The number of thiazole rings is 1. The number of H-pyrrole nitrogens is 1. The van der Waals surface area contributed by atoms with Crippen LogP contribution in [0.25, 0.3) is 10.9 Å². The minimum atomic E-state index is -0.177. The van der Waals surface area contributed by atoms with E-state index < -0.39 is 0 Å². The highest BCUT2D eigenvalue weighted by atomic mass is 32.1. The van der Waals surface area contributed by atoms with Crippen LogP contribution in [0.15, 0.2) is 24.4 Å². The largest absolute Gasteiger partial charge is 0.361 e. The van der Waals surface area contributed by atoms with E-state index in [1.54, 1.807) is 12.1 Å². The molecule has 0 saturated carbocycles. The summed E-state index contributed by atoms with van der Waals surface area (Å²) < 4.78 is 13.5. The van der Waals surface area contributed by atoms with Gasteiger partial charge in [0.2, 0.25) is 0 Å². The highest BCUT2D eigenvalue weighted by Gasteiger charge is 2.20. The summed E-state index contributed by atoms with van der Waals surface area (Å²) in [6.07, 6.45) is 5.21. The molecule has 4 rings (SSSR count). The first-order valence-corrected chi connectivity index (χ1v) is 10.6. The van der Waals surface area contributed by atoms with Crippen molar-refractivity contribution < 1.29 is 4.39 Å². The SMILES string of the molecule is Cc1nc(N2CCN(CCCCc3c[nH]c4ccc(F)cc34)CC2)sc1C#N. The van der Waals surface area contributed by atoms with E-state index in [0.717, 1.165) is 78.6 Å². The molecule has 1 N–H and O–H groups in total. The van der Waals surface area contributed by atoms with Crippen LogP contribution in [0.3, 0.4) is 0 Å². The van der Waals surface area contributed by atoms with Crippen molar-refractivity contribution in [2.45, 2.75) is 26.2 Å². The van der Waals surface area contributed by atoms with Crippen molar-refractivity contribution >= 4 is 27.4 Å². The Balaban J connectivity index is 1.22. The van der Waals surface area contributed by atoms with Crippen molar-refractivity contribution in [1.82, 2.24) is 14.9 Å². The number of unbranched alkanes of at least 4 members (excludes halogenated alkanes) is 1. The van der Waals surface area contributed by atoms with Gasteiger partial charge in [-0.15, -0.1) is 0 Å². The van der Waals surface area contributed by atoms with Crippen molar-refractivity contribution in [2.75, 3.05) is 37.6 Å². The number of aromatic amines is 1. The molecule has 2 aromatic heterocycles. The molecule has 1 fully saturated rings. The number of rotatable bonds is 6. The molecular formula is C21H24FN5S. The number of nitriles is 1. The van der Waals surface area contributed by atoms with E-state index in [0.29, 0.717) is 0 Å². The van der Waals surface area contributed by atoms with Gasteiger partial charge < -0.3 is 9.88 Å². The average Bonchev–Trinajstić information content (AvgIpc) is 3.28. The van der Waals surface area contributed by atoms with Crippen LogP contribution in [0.4, 0.5) is 9.52 Å². The molecule has 7 heteroatoms. The minimum absolute atomic E-state index is 0.177. The first-order chi connectivity index (χ1) is 13.6. The van der Waals surface area contributed by atoms with E-state index in [2.05, 4.69) is 25.8 Å². The van der Waals surface area contributed by atoms with Gasteiger partial charge in [-0.05, 0) is 56.5 Å². The fourth-order valence-corrected chi connectivity index (χ4v) is 4.71. The maximum Gasteiger partial charge on any atom is 0.186 e. The second kappa shape index (κ2) is 8.29. The van der Waals surface area contributed by atoms with E-state index in [1.165, 1.54) is 23.0 Å². The Bertz CT molecular complexity index is 994. The van der Waals surface area contributed by atoms with Crippen molar-refractivity contribution in [3.05, 3.63) is 46.3 Å². The van der Waals surface area contributed by atoms with E-state index in [1.807, 2.05) is 13.1 Å². The maximum atomic E-state index is 13.5. The Hall–Kier alpha value is -2.43. The summed E-state index contributed by atoms with van der Waals surface area (Å²) in [6, 6.07) is 7.14. The smallest absolute Gasteiger partial charge is 0.186 e. The number of aryl methyl sites for hydroxylation is 2. The second-order valence-corrected chi connectivity index (χ2v) is 8.29. The molecule has 0 spiro atoms. The summed E-state index contributed by atoms with van der Waals surface area (Å²) in [5.41, 5.74) is 3.04. The number of aromatic nitrogens is 2. The molecule has 0 amide bonds. The first-order valence-electron chi connectivity index (χ1n) is 9.74. The van der Waals surface area contributed by atoms with E-state index in [-0.39, 0.29) is 5.82 Å². The molecule has 0 atom stereocenters. The number of benzene rings is 1. The number of nitrogens with zero attached hydrogens (tertiary/aromatic N) is 4. The average molecular weight is 398 g/mol. The van der Waals surface area contributed by atoms with Crippen LogP contribution in [0.2, 0.25) is 0 Å². The zero-order valence-corrected chi connectivity index (χ0v) is 16.9. The normalized spacial score (nSPS) is 15.2. The molecule has 0 radical (unpaired) electrons. The summed E-state index contributed by atoms with van der Waals surface area (Å²) in [6.45, 7) is 6.96. The molecule has 3 heterocycles. The third kappa shape index (κ3) is 4.03. The van der Waals surface area contributed by atoms with Crippen molar-refractivity contribution in [3.8, 4) is 6.07 Å². The Morgan fingerprint density at radius 1 is 1.25 bits per heavy atom. The van der Waals surface area contributed by atoms with Gasteiger partial charge >= 0.3 is 0 Å². The van der Waals surface area contributed by atoms with Gasteiger partial charge in [0.1, 0.15) is 16.8 Å². The van der Waals surface area contributed by atoms with Crippen LogP contribution >= 0.6 is 11.3 Å². The van der Waals surface area contributed by atoms with E-state index >= 15 is 0 Å². The number of hydrogen-bond donors (Lipinski definition) is 1. The topological polar surface area (TPSA) is 59.0 Å². The number of hydrogen-bond acceptors (Lipinski definition) is 5. The predicted octanol–water partition coefficient (Wildman–Crippen LogP) is 4.09. The van der Waals surface area contributed by atoms with Gasteiger partial charge in [-0.3, -0.25) is 4.90 Å². The lowest BCUT2D eigenvalue weighted by Crippen LogP contribution is -2.46. The molecule has 0 bridgehead atoms. The minimum Gasteiger partial charge on any atom is -0.361 e.